The number of carbonyl (C=O) groups is 2. The first-order chi connectivity index (χ1) is 13.1. The van der Waals surface area contributed by atoms with Crippen LogP contribution in [0.3, 0.4) is 0 Å². The number of rotatable bonds is 4. The lowest BCUT2D eigenvalue weighted by Gasteiger charge is -2.31. The summed E-state index contributed by atoms with van der Waals surface area (Å²) in [6.07, 6.45) is 2.75. The third-order valence-electron chi connectivity index (χ3n) is 5.66. The van der Waals surface area contributed by atoms with Gasteiger partial charge in [0.1, 0.15) is 6.10 Å². The molecule has 0 aliphatic carbocycles. The Morgan fingerprint density at radius 1 is 1.19 bits per heavy atom. The second kappa shape index (κ2) is 7.80. The standard InChI is InChI=1S/C19H26N4O4/c1-13-2-3-17(21-20-13)27-16-4-7-22(12-16)19(25)14-10-18(24)23(11-14)15-5-8-26-9-6-15/h2-3,14-16H,4-12H2,1H3/t14-,16-/m1/s1. The van der Waals surface area contributed by atoms with Crippen molar-refractivity contribution in [3.63, 3.8) is 0 Å². The van der Waals surface area contributed by atoms with Gasteiger partial charge in [-0.25, -0.2) is 0 Å². The van der Waals surface area contributed by atoms with Crippen molar-refractivity contribution in [2.75, 3.05) is 32.8 Å². The molecular formula is C19H26N4O4. The second-order valence-corrected chi connectivity index (χ2v) is 7.62. The van der Waals surface area contributed by atoms with E-state index in [-0.39, 0.29) is 29.9 Å². The van der Waals surface area contributed by atoms with E-state index in [1.165, 1.54) is 0 Å². The lowest BCUT2D eigenvalue weighted by molar-refractivity contribution is -0.135. The SMILES string of the molecule is Cc1ccc(O[C@@H]2CCN(C(=O)[C@@H]3CC(=O)N(C4CCOCC4)C3)C2)nn1. The number of nitrogens with zero attached hydrogens (tertiary/aromatic N) is 4. The minimum atomic E-state index is -0.238. The summed E-state index contributed by atoms with van der Waals surface area (Å²) in [7, 11) is 0. The van der Waals surface area contributed by atoms with Crippen molar-refractivity contribution >= 4 is 11.8 Å². The van der Waals surface area contributed by atoms with Crippen LogP contribution in [0.25, 0.3) is 0 Å². The van der Waals surface area contributed by atoms with Crippen LogP contribution < -0.4 is 4.74 Å². The van der Waals surface area contributed by atoms with Gasteiger partial charge in [0, 0.05) is 51.3 Å². The Morgan fingerprint density at radius 2 is 2.00 bits per heavy atom. The summed E-state index contributed by atoms with van der Waals surface area (Å²) in [5, 5.41) is 8.02. The third-order valence-corrected chi connectivity index (χ3v) is 5.66. The highest BCUT2D eigenvalue weighted by Gasteiger charge is 2.41. The smallest absolute Gasteiger partial charge is 0.233 e. The molecule has 3 fully saturated rings. The topological polar surface area (TPSA) is 84.9 Å². The van der Waals surface area contributed by atoms with Gasteiger partial charge in [-0.05, 0) is 25.8 Å². The number of likely N-dealkylation sites (tertiary alicyclic amines) is 2. The minimum absolute atomic E-state index is 0.0685. The molecule has 0 unspecified atom stereocenters. The predicted octanol–water partition coefficient (Wildman–Crippen LogP) is 0.792. The van der Waals surface area contributed by atoms with E-state index in [0.29, 0.717) is 45.1 Å². The van der Waals surface area contributed by atoms with Gasteiger partial charge < -0.3 is 19.3 Å². The predicted molar refractivity (Wildman–Crippen MR) is 96.0 cm³/mol. The summed E-state index contributed by atoms with van der Waals surface area (Å²) < 4.78 is 11.2. The van der Waals surface area contributed by atoms with Gasteiger partial charge in [-0.3, -0.25) is 9.59 Å². The average Bonchev–Trinajstić information content (AvgIpc) is 3.30. The van der Waals surface area contributed by atoms with Gasteiger partial charge in [0.25, 0.3) is 0 Å². The second-order valence-electron chi connectivity index (χ2n) is 7.62. The molecule has 0 aromatic carbocycles. The number of ether oxygens (including phenoxy) is 2. The molecule has 0 saturated carbocycles. The molecule has 0 radical (unpaired) electrons. The molecule has 4 rings (SSSR count). The molecule has 8 heteroatoms. The van der Waals surface area contributed by atoms with Crippen molar-refractivity contribution in [1.29, 1.82) is 0 Å². The highest BCUT2D eigenvalue weighted by Crippen LogP contribution is 2.27. The maximum Gasteiger partial charge on any atom is 0.233 e. The molecule has 8 nitrogen and oxygen atoms in total. The van der Waals surface area contributed by atoms with Crippen LogP contribution in [0, 0.1) is 12.8 Å². The maximum absolute atomic E-state index is 12.9. The van der Waals surface area contributed by atoms with Crippen LogP contribution in [0.1, 0.15) is 31.4 Å². The van der Waals surface area contributed by atoms with Crippen molar-refractivity contribution in [2.45, 2.75) is 44.8 Å². The molecule has 0 bridgehead atoms. The molecular weight excluding hydrogens is 348 g/mol. The number of hydrogen-bond acceptors (Lipinski definition) is 6. The maximum atomic E-state index is 12.9. The molecule has 3 aliphatic rings. The van der Waals surface area contributed by atoms with Gasteiger partial charge in [-0.1, -0.05) is 0 Å². The Bertz CT molecular complexity index is 689. The molecule has 1 aromatic rings. The highest BCUT2D eigenvalue weighted by molar-refractivity contribution is 5.89. The van der Waals surface area contributed by atoms with E-state index in [1.807, 2.05) is 22.8 Å². The van der Waals surface area contributed by atoms with E-state index in [9.17, 15) is 9.59 Å². The van der Waals surface area contributed by atoms with E-state index in [2.05, 4.69) is 10.2 Å². The van der Waals surface area contributed by atoms with Crippen LogP contribution in [0.5, 0.6) is 5.88 Å². The molecule has 0 spiro atoms. The van der Waals surface area contributed by atoms with E-state index in [1.54, 1.807) is 6.07 Å². The average molecular weight is 374 g/mol. The molecule has 2 amide bonds. The molecule has 146 valence electrons. The normalized spacial score (nSPS) is 26.6. The van der Waals surface area contributed by atoms with Gasteiger partial charge >= 0.3 is 0 Å². The van der Waals surface area contributed by atoms with E-state index < -0.39 is 0 Å². The van der Waals surface area contributed by atoms with Gasteiger partial charge in [-0.2, -0.15) is 5.10 Å². The quantitative estimate of drug-likeness (QED) is 0.775. The summed E-state index contributed by atoms with van der Waals surface area (Å²) >= 11 is 0. The van der Waals surface area contributed by atoms with E-state index in [4.69, 9.17) is 9.47 Å². The molecule has 4 heterocycles. The summed E-state index contributed by atoms with van der Waals surface area (Å²) in [6.45, 7) is 4.99. The third kappa shape index (κ3) is 4.05. The lowest BCUT2D eigenvalue weighted by atomic mass is 10.1. The van der Waals surface area contributed by atoms with Gasteiger partial charge in [0.05, 0.1) is 18.2 Å². The fourth-order valence-electron chi connectivity index (χ4n) is 4.15. The number of aromatic nitrogens is 2. The molecule has 0 N–H and O–H groups in total. The summed E-state index contributed by atoms with van der Waals surface area (Å²) in [6, 6.07) is 3.88. The zero-order chi connectivity index (χ0) is 18.8. The van der Waals surface area contributed by atoms with Crippen molar-refractivity contribution in [2.24, 2.45) is 5.92 Å². The van der Waals surface area contributed by atoms with Crippen LogP contribution in [0.2, 0.25) is 0 Å². The van der Waals surface area contributed by atoms with Gasteiger partial charge in [0.2, 0.25) is 17.7 Å². The fourth-order valence-corrected chi connectivity index (χ4v) is 4.15. The first kappa shape index (κ1) is 18.2. The van der Waals surface area contributed by atoms with Crippen molar-refractivity contribution in [1.82, 2.24) is 20.0 Å². The Balaban J connectivity index is 1.31. The Morgan fingerprint density at radius 3 is 2.74 bits per heavy atom. The fraction of sp³-hybridized carbons (Fsp3) is 0.684. The molecule has 27 heavy (non-hydrogen) atoms. The first-order valence-electron chi connectivity index (χ1n) is 9.73. The van der Waals surface area contributed by atoms with Gasteiger partial charge in [0.15, 0.2) is 0 Å². The number of amides is 2. The first-order valence-corrected chi connectivity index (χ1v) is 9.73. The van der Waals surface area contributed by atoms with Crippen molar-refractivity contribution in [3.8, 4) is 5.88 Å². The van der Waals surface area contributed by atoms with Gasteiger partial charge in [-0.15, -0.1) is 5.10 Å². The zero-order valence-corrected chi connectivity index (χ0v) is 15.7. The number of aryl methyl sites for hydroxylation is 1. The monoisotopic (exact) mass is 374 g/mol. The minimum Gasteiger partial charge on any atom is -0.471 e. The Hall–Kier alpha value is -2.22. The lowest BCUT2D eigenvalue weighted by Crippen LogP contribution is -2.42. The summed E-state index contributed by atoms with van der Waals surface area (Å²) in [5.74, 6) is 0.418. The Kier molecular flexibility index (Phi) is 5.24. The van der Waals surface area contributed by atoms with E-state index in [0.717, 1.165) is 25.0 Å². The van der Waals surface area contributed by atoms with Crippen molar-refractivity contribution in [3.05, 3.63) is 17.8 Å². The number of hydrogen-bond donors (Lipinski definition) is 0. The molecule has 1 aromatic heterocycles. The van der Waals surface area contributed by atoms with Crippen LogP contribution in [-0.4, -0.2) is 76.8 Å². The summed E-state index contributed by atoms with van der Waals surface area (Å²) in [4.78, 5) is 29.0. The zero-order valence-electron chi connectivity index (χ0n) is 15.7. The van der Waals surface area contributed by atoms with E-state index >= 15 is 0 Å². The van der Waals surface area contributed by atoms with Crippen LogP contribution >= 0.6 is 0 Å². The van der Waals surface area contributed by atoms with Crippen LogP contribution in [0.4, 0.5) is 0 Å². The summed E-state index contributed by atoms with van der Waals surface area (Å²) in [5.41, 5.74) is 0.838. The largest absolute Gasteiger partial charge is 0.471 e. The number of carbonyl (C=O) groups excluding carboxylic acids is 2. The van der Waals surface area contributed by atoms with Crippen molar-refractivity contribution < 1.29 is 19.1 Å². The molecule has 2 atom stereocenters. The highest BCUT2D eigenvalue weighted by atomic mass is 16.5. The molecule has 3 aliphatic heterocycles. The Labute approximate surface area is 158 Å². The molecule has 3 saturated heterocycles. The van der Waals surface area contributed by atoms with Crippen LogP contribution in [0.15, 0.2) is 12.1 Å². The van der Waals surface area contributed by atoms with Crippen LogP contribution in [-0.2, 0) is 14.3 Å².